The van der Waals surface area contributed by atoms with E-state index in [9.17, 15) is 4.79 Å². The van der Waals surface area contributed by atoms with Gasteiger partial charge in [-0.05, 0) is 23.3 Å². The minimum Gasteiger partial charge on any atom is -0.497 e. The van der Waals surface area contributed by atoms with Crippen molar-refractivity contribution in [1.29, 1.82) is 0 Å². The van der Waals surface area contributed by atoms with Crippen LogP contribution in [0.2, 0.25) is 0 Å². The predicted molar refractivity (Wildman–Crippen MR) is 110 cm³/mol. The number of carboxylic acids is 2. The van der Waals surface area contributed by atoms with Gasteiger partial charge in [0.25, 0.3) is 0 Å². The minimum atomic E-state index is -1.82. The predicted octanol–water partition coefficient (Wildman–Crippen LogP) is 1.74. The molecule has 1 saturated heterocycles. The van der Waals surface area contributed by atoms with Crippen molar-refractivity contribution >= 4 is 17.8 Å². The lowest BCUT2D eigenvalue weighted by molar-refractivity contribution is -0.159. The van der Waals surface area contributed by atoms with Crippen LogP contribution in [0.5, 0.6) is 5.75 Å². The van der Waals surface area contributed by atoms with E-state index in [-0.39, 0.29) is 5.91 Å². The van der Waals surface area contributed by atoms with E-state index in [4.69, 9.17) is 24.5 Å². The molecule has 160 valence electrons. The molecular formula is C22H26N2O6. The average molecular weight is 414 g/mol. The van der Waals surface area contributed by atoms with E-state index in [0.29, 0.717) is 6.42 Å². The molecule has 8 heteroatoms. The van der Waals surface area contributed by atoms with E-state index in [1.54, 1.807) is 7.11 Å². The number of piperazine rings is 1. The van der Waals surface area contributed by atoms with Crippen molar-refractivity contribution in [3.05, 3.63) is 65.7 Å². The normalized spacial score (nSPS) is 13.7. The first-order valence-electron chi connectivity index (χ1n) is 9.52. The van der Waals surface area contributed by atoms with Gasteiger partial charge in [0.1, 0.15) is 5.75 Å². The van der Waals surface area contributed by atoms with Gasteiger partial charge in [-0.2, -0.15) is 0 Å². The number of aliphatic carboxylic acids is 2. The van der Waals surface area contributed by atoms with Gasteiger partial charge >= 0.3 is 11.9 Å². The highest BCUT2D eigenvalue weighted by molar-refractivity contribution is 6.27. The number of carboxylic acid groups (broad SMARTS) is 2. The Labute approximate surface area is 175 Å². The summed E-state index contributed by atoms with van der Waals surface area (Å²) in [6, 6.07) is 18.2. The van der Waals surface area contributed by atoms with E-state index >= 15 is 0 Å². The van der Waals surface area contributed by atoms with E-state index < -0.39 is 11.9 Å². The summed E-state index contributed by atoms with van der Waals surface area (Å²) >= 11 is 0. The summed E-state index contributed by atoms with van der Waals surface area (Å²) < 4.78 is 5.19. The third kappa shape index (κ3) is 7.56. The van der Waals surface area contributed by atoms with E-state index in [0.717, 1.165) is 44.0 Å². The summed E-state index contributed by atoms with van der Waals surface area (Å²) in [5, 5.41) is 14.8. The molecule has 1 aliphatic heterocycles. The van der Waals surface area contributed by atoms with Crippen LogP contribution in [-0.2, 0) is 27.3 Å². The van der Waals surface area contributed by atoms with Gasteiger partial charge in [-0.15, -0.1) is 0 Å². The van der Waals surface area contributed by atoms with Gasteiger partial charge in [0.15, 0.2) is 0 Å². The van der Waals surface area contributed by atoms with Crippen LogP contribution in [0.25, 0.3) is 0 Å². The molecule has 1 heterocycles. The Balaban J connectivity index is 0.000000469. The Morgan fingerprint density at radius 1 is 0.833 bits per heavy atom. The number of methoxy groups -OCH3 is 1. The fourth-order valence-corrected chi connectivity index (χ4v) is 3.03. The molecule has 0 atom stereocenters. The number of carbonyl (C=O) groups excluding carboxylic acids is 1. The van der Waals surface area contributed by atoms with Gasteiger partial charge in [0.2, 0.25) is 5.91 Å². The minimum absolute atomic E-state index is 0.227. The molecule has 1 amide bonds. The summed E-state index contributed by atoms with van der Waals surface area (Å²) in [4.78, 5) is 35.0. The second-order valence-electron chi connectivity index (χ2n) is 6.78. The molecule has 0 saturated carbocycles. The highest BCUT2D eigenvalue weighted by Crippen LogP contribution is 2.14. The Bertz CT molecular complexity index is 818. The first kappa shape index (κ1) is 22.9. The maximum absolute atomic E-state index is 12.4. The third-order valence-electron chi connectivity index (χ3n) is 4.67. The molecule has 0 aliphatic carbocycles. The zero-order valence-electron chi connectivity index (χ0n) is 16.9. The van der Waals surface area contributed by atoms with Crippen molar-refractivity contribution in [3.63, 3.8) is 0 Å². The number of hydrogen-bond acceptors (Lipinski definition) is 5. The number of benzene rings is 2. The molecule has 2 aromatic carbocycles. The van der Waals surface area contributed by atoms with Crippen molar-refractivity contribution in [2.75, 3.05) is 33.3 Å². The topological polar surface area (TPSA) is 107 Å². The van der Waals surface area contributed by atoms with Crippen LogP contribution >= 0.6 is 0 Å². The Morgan fingerprint density at radius 3 is 1.90 bits per heavy atom. The lowest BCUT2D eigenvalue weighted by Gasteiger charge is -2.34. The average Bonchev–Trinajstić information content (AvgIpc) is 2.76. The highest BCUT2D eigenvalue weighted by Gasteiger charge is 2.21. The number of carbonyl (C=O) groups is 3. The van der Waals surface area contributed by atoms with E-state index in [1.165, 1.54) is 5.56 Å². The Kier molecular flexibility index (Phi) is 8.83. The molecule has 0 bridgehead atoms. The van der Waals surface area contributed by atoms with Crippen LogP contribution in [0.1, 0.15) is 11.1 Å². The van der Waals surface area contributed by atoms with E-state index in [1.807, 2.05) is 47.4 Å². The van der Waals surface area contributed by atoms with Crippen molar-refractivity contribution in [2.24, 2.45) is 0 Å². The Morgan fingerprint density at radius 2 is 1.40 bits per heavy atom. The SMILES string of the molecule is COc1ccc(CN2CCN(C(=O)Cc3ccccc3)CC2)cc1.O=C(O)C(=O)O. The fourth-order valence-electron chi connectivity index (χ4n) is 3.03. The monoisotopic (exact) mass is 414 g/mol. The van der Waals surface area contributed by atoms with Crippen LogP contribution in [0.4, 0.5) is 0 Å². The first-order chi connectivity index (χ1) is 14.4. The molecule has 8 nitrogen and oxygen atoms in total. The molecule has 1 fully saturated rings. The van der Waals surface area contributed by atoms with Gasteiger partial charge < -0.3 is 19.8 Å². The van der Waals surface area contributed by atoms with Crippen LogP contribution in [-0.4, -0.2) is 71.1 Å². The molecule has 0 radical (unpaired) electrons. The highest BCUT2D eigenvalue weighted by atomic mass is 16.5. The quantitative estimate of drug-likeness (QED) is 0.718. The van der Waals surface area contributed by atoms with Crippen molar-refractivity contribution in [1.82, 2.24) is 9.80 Å². The summed E-state index contributed by atoms with van der Waals surface area (Å²) in [6.07, 6.45) is 0.499. The van der Waals surface area contributed by atoms with Crippen molar-refractivity contribution < 1.29 is 29.3 Å². The third-order valence-corrected chi connectivity index (χ3v) is 4.67. The number of rotatable bonds is 5. The lowest BCUT2D eigenvalue weighted by Crippen LogP contribution is -2.48. The maximum atomic E-state index is 12.4. The summed E-state index contributed by atoms with van der Waals surface area (Å²) in [7, 11) is 1.68. The summed E-state index contributed by atoms with van der Waals surface area (Å²) in [5.74, 6) is -2.54. The molecule has 2 aromatic rings. The molecule has 2 N–H and O–H groups in total. The maximum Gasteiger partial charge on any atom is 0.414 e. The number of hydrogen-bond donors (Lipinski definition) is 2. The molecule has 30 heavy (non-hydrogen) atoms. The zero-order chi connectivity index (χ0) is 21.9. The first-order valence-corrected chi connectivity index (χ1v) is 9.52. The second-order valence-corrected chi connectivity index (χ2v) is 6.78. The molecule has 3 rings (SSSR count). The largest absolute Gasteiger partial charge is 0.497 e. The van der Waals surface area contributed by atoms with Gasteiger partial charge in [-0.1, -0.05) is 42.5 Å². The second kappa shape index (κ2) is 11.6. The van der Waals surface area contributed by atoms with Gasteiger partial charge in [-0.25, -0.2) is 9.59 Å². The van der Waals surface area contributed by atoms with Crippen LogP contribution < -0.4 is 4.74 Å². The smallest absolute Gasteiger partial charge is 0.414 e. The van der Waals surface area contributed by atoms with Crippen molar-refractivity contribution in [2.45, 2.75) is 13.0 Å². The number of ether oxygens (including phenoxy) is 1. The van der Waals surface area contributed by atoms with Gasteiger partial charge in [0, 0.05) is 32.7 Å². The van der Waals surface area contributed by atoms with Crippen LogP contribution in [0.3, 0.4) is 0 Å². The van der Waals surface area contributed by atoms with E-state index in [2.05, 4.69) is 17.0 Å². The van der Waals surface area contributed by atoms with Gasteiger partial charge in [-0.3, -0.25) is 9.69 Å². The number of nitrogens with zero attached hydrogens (tertiary/aromatic N) is 2. The van der Waals surface area contributed by atoms with Crippen LogP contribution in [0.15, 0.2) is 54.6 Å². The summed E-state index contributed by atoms with van der Waals surface area (Å²) in [6.45, 7) is 4.38. The molecule has 1 aliphatic rings. The van der Waals surface area contributed by atoms with Crippen LogP contribution in [0, 0.1) is 0 Å². The Hall–Kier alpha value is -3.39. The number of amides is 1. The van der Waals surface area contributed by atoms with Crippen molar-refractivity contribution in [3.8, 4) is 5.75 Å². The molecule has 0 unspecified atom stereocenters. The molecular weight excluding hydrogens is 388 g/mol. The zero-order valence-corrected chi connectivity index (χ0v) is 16.9. The lowest BCUT2D eigenvalue weighted by atomic mass is 10.1. The summed E-state index contributed by atoms with van der Waals surface area (Å²) in [5.41, 5.74) is 2.36. The fraction of sp³-hybridized carbons (Fsp3) is 0.318. The van der Waals surface area contributed by atoms with Gasteiger partial charge in [0.05, 0.1) is 13.5 Å². The molecule has 0 aromatic heterocycles. The standard InChI is InChI=1S/C20H24N2O2.C2H2O4/c1-24-19-9-7-18(8-10-19)16-21-11-13-22(14-12-21)20(23)15-17-5-3-2-4-6-17;3-1(4)2(5)6/h2-10H,11-16H2,1H3;(H,3,4)(H,5,6). The molecule has 0 spiro atoms.